The van der Waals surface area contributed by atoms with Gasteiger partial charge in [-0.25, -0.2) is 0 Å². The number of hydrogen-bond acceptors (Lipinski definition) is 3. The molecule has 1 aromatic heterocycles. The first-order valence-electron chi connectivity index (χ1n) is 6.12. The maximum absolute atomic E-state index is 12.2. The van der Waals surface area contributed by atoms with Crippen molar-refractivity contribution in [2.75, 3.05) is 11.9 Å². The number of aliphatic hydroxyl groups excluding tert-OH is 1. The minimum absolute atomic E-state index is 0.250. The molecule has 1 aromatic carbocycles. The predicted molar refractivity (Wildman–Crippen MR) is 77.3 cm³/mol. The van der Waals surface area contributed by atoms with E-state index >= 15 is 0 Å². The molecule has 20 heavy (non-hydrogen) atoms. The molecule has 0 saturated heterocycles. The second-order valence-corrected chi connectivity index (χ2v) is 4.20. The predicted octanol–water partition coefficient (Wildman–Crippen LogP) is 1.99. The van der Waals surface area contributed by atoms with Crippen molar-refractivity contribution in [2.45, 2.75) is 6.92 Å². The van der Waals surface area contributed by atoms with E-state index in [4.69, 9.17) is 5.11 Å². The number of amides is 1. The van der Waals surface area contributed by atoms with Crippen molar-refractivity contribution in [1.29, 1.82) is 0 Å². The number of hydrogen-bond donors (Lipinski definition) is 2. The van der Waals surface area contributed by atoms with Crippen LogP contribution in [-0.2, 0) is 0 Å². The topological polar surface area (TPSA) is 62.2 Å². The fourth-order valence-electron chi connectivity index (χ4n) is 1.75. The first-order valence-corrected chi connectivity index (χ1v) is 6.12. The number of nitrogens with one attached hydrogen (secondary N) is 1. The molecule has 0 bridgehead atoms. The molecule has 0 saturated carbocycles. The summed E-state index contributed by atoms with van der Waals surface area (Å²) in [6.07, 6.45) is 3.04. The second kappa shape index (κ2) is 6.50. The van der Waals surface area contributed by atoms with Crippen molar-refractivity contribution in [1.82, 2.24) is 4.98 Å². The molecule has 100 valence electrons. The van der Waals surface area contributed by atoms with Crippen molar-refractivity contribution in [3.63, 3.8) is 0 Å². The Balaban J connectivity index is 2.25. The van der Waals surface area contributed by atoms with Gasteiger partial charge in [-0.15, -0.1) is 0 Å². The SMILES string of the molecule is Cc1cccc(NC(=O)c2ccncc2C#CCO)c1. The van der Waals surface area contributed by atoms with E-state index in [-0.39, 0.29) is 12.5 Å². The lowest BCUT2D eigenvalue weighted by molar-refractivity contribution is 0.102. The third-order valence-corrected chi connectivity index (χ3v) is 2.64. The highest BCUT2D eigenvalue weighted by atomic mass is 16.2. The molecule has 2 N–H and O–H groups in total. The molecule has 2 aromatic rings. The third-order valence-electron chi connectivity index (χ3n) is 2.64. The van der Waals surface area contributed by atoms with E-state index in [2.05, 4.69) is 22.1 Å². The summed E-state index contributed by atoms with van der Waals surface area (Å²) in [4.78, 5) is 16.2. The number of aromatic nitrogens is 1. The molecule has 0 aliphatic rings. The van der Waals surface area contributed by atoms with Crippen LogP contribution in [0.1, 0.15) is 21.5 Å². The van der Waals surface area contributed by atoms with Crippen LogP contribution in [-0.4, -0.2) is 22.6 Å². The Kier molecular flexibility index (Phi) is 4.48. The van der Waals surface area contributed by atoms with Crippen LogP contribution in [0.3, 0.4) is 0 Å². The van der Waals surface area contributed by atoms with Gasteiger partial charge < -0.3 is 10.4 Å². The number of benzene rings is 1. The smallest absolute Gasteiger partial charge is 0.257 e. The average molecular weight is 266 g/mol. The molecule has 4 nitrogen and oxygen atoms in total. The molecular formula is C16H14N2O2. The second-order valence-electron chi connectivity index (χ2n) is 4.20. The van der Waals surface area contributed by atoms with Gasteiger partial charge in [-0.1, -0.05) is 24.0 Å². The number of aliphatic hydroxyl groups is 1. The number of carbonyl (C=O) groups excluding carboxylic acids is 1. The first-order chi connectivity index (χ1) is 9.70. The van der Waals surface area contributed by atoms with Gasteiger partial charge in [-0.3, -0.25) is 9.78 Å². The third kappa shape index (κ3) is 3.44. The molecule has 0 aliphatic heterocycles. The van der Waals surface area contributed by atoms with Gasteiger partial charge in [0.15, 0.2) is 0 Å². The number of aryl methyl sites for hydroxylation is 1. The molecule has 0 aliphatic carbocycles. The van der Waals surface area contributed by atoms with E-state index in [1.807, 2.05) is 31.2 Å². The number of nitrogens with zero attached hydrogens (tertiary/aromatic N) is 1. The van der Waals surface area contributed by atoms with Crippen LogP contribution >= 0.6 is 0 Å². The van der Waals surface area contributed by atoms with Crippen molar-refractivity contribution < 1.29 is 9.90 Å². The van der Waals surface area contributed by atoms with Crippen LogP contribution in [0.25, 0.3) is 0 Å². The molecule has 0 atom stereocenters. The van der Waals surface area contributed by atoms with E-state index in [9.17, 15) is 4.79 Å². The van der Waals surface area contributed by atoms with Gasteiger partial charge in [0.2, 0.25) is 0 Å². The summed E-state index contributed by atoms with van der Waals surface area (Å²) in [7, 11) is 0. The van der Waals surface area contributed by atoms with E-state index in [1.165, 1.54) is 12.4 Å². The number of anilines is 1. The zero-order chi connectivity index (χ0) is 14.4. The number of pyridine rings is 1. The molecule has 0 unspecified atom stereocenters. The summed E-state index contributed by atoms with van der Waals surface area (Å²) in [5.74, 6) is 4.99. The molecule has 0 fully saturated rings. The highest BCUT2D eigenvalue weighted by molar-refractivity contribution is 6.05. The summed E-state index contributed by atoms with van der Waals surface area (Å²) in [6.45, 7) is 1.70. The molecule has 0 radical (unpaired) electrons. The maximum Gasteiger partial charge on any atom is 0.257 e. The molecule has 1 amide bonds. The first kappa shape index (κ1) is 13.8. The van der Waals surface area contributed by atoms with Crippen molar-refractivity contribution in [3.8, 4) is 11.8 Å². The van der Waals surface area contributed by atoms with Crippen LogP contribution in [0.5, 0.6) is 0 Å². The quantitative estimate of drug-likeness (QED) is 0.817. The Morgan fingerprint density at radius 2 is 2.25 bits per heavy atom. The van der Waals surface area contributed by atoms with Gasteiger partial charge in [0.1, 0.15) is 6.61 Å². The maximum atomic E-state index is 12.2. The number of carbonyl (C=O) groups is 1. The monoisotopic (exact) mass is 266 g/mol. The Morgan fingerprint density at radius 3 is 3.00 bits per heavy atom. The Hall–Kier alpha value is -2.64. The van der Waals surface area contributed by atoms with Gasteiger partial charge in [-0.2, -0.15) is 0 Å². The van der Waals surface area contributed by atoms with E-state index in [0.717, 1.165) is 11.3 Å². The van der Waals surface area contributed by atoms with Crippen LogP contribution in [0.4, 0.5) is 5.69 Å². The van der Waals surface area contributed by atoms with Crippen molar-refractivity contribution >= 4 is 11.6 Å². The summed E-state index contributed by atoms with van der Waals surface area (Å²) < 4.78 is 0. The summed E-state index contributed by atoms with van der Waals surface area (Å²) in [6, 6.07) is 9.15. The lowest BCUT2D eigenvalue weighted by Gasteiger charge is -2.07. The molecular weight excluding hydrogens is 252 g/mol. The van der Waals surface area contributed by atoms with Crippen molar-refractivity contribution in [2.24, 2.45) is 0 Å². The molecule has 1 heterocycles. The fourth-order valence-corrected chi connectivity index (χ4v) is 1.75. The van der Waals surface area contributed by atoms with E-state index in [0.29, 0.717) is 11.1 Å². The standard InChI is InChI=1S/C16H14N2O2/c1-12-4-2-6-14(10-12)18-16(20)15-7-8-17-11-13(15)5-3-9-19/h2,4,6-8,10-11,19H,9H2,1H3,(H,18,20). The highest BCUT2D eigenvalue weighted by Gasteiger charge is 2.10. The fraction of sp³-hybridized carbons (Fsp3) is 0.125. The Morgan fingerprint density at radius 1 is 1.40 bits per heavy atom. The lowest BCUT2D eigenvalue weighted by atomic mass is 10.1. The normalized spacial score (nSPS) is 9.50. The summed E-state index contributed by atoms with van der Waals surface area (Å²) in [5, 5.41) is 11.5. The molecule has 0 spiro atoms. The largest absolute Gasteiger partial charge is 0.384 e. The van der Waals surface area contributed by atoms with Crippen LogP contribution in [0.15, 0.2) is 42.7 Å². The molecule has 4 heteroatoms. The summed E-state index contributed by atoms with van der Waals surface area (Å²) >= 11 is 0. The summed E-state index contributed by atoms with van der Waals surface area (Å²) in [5.41, 5.74) is 2.72. The van der Waals surface area contributed by atoms with Gasteiger partial charge in [0.25, 0.3) is 5.91 Å². The lowest BCUT2D eigenvalue weighted by Crippen LogP contribution is -2.13. The van der Waals surface area contributed by atoms with Crippen LogP contribution in [0, 0.1) is 18.8 Å². The zero-order valence-corrected chi connectivity index (χ0v) is 11.1. The Labute approximate surface area is 117 Å². The highest BCUT2D eigenvalue weighted by Crippen LogP contribution is 2.13. The van der Waals surface area contributed by atoms with E-state index < -0.39 is 0 Å². The van der Waals surface area contributed by atoms with Crippen molar-refractivity contribution in [3.05, 3.63) is 59.4 Å². The minimum Gasteiger partial charge on any atom is -0.384 e. The van der Waals surface area contributed by atoms with Gasteiger partial charge >= 0.3 is 0 Å². The average Bonchev–Trinajstić information content (AvgIpc) is 2.45. The van der Waals surface area contributed by atoms with Gasteiger partial charge in [0, 0.05) is 18.1 Å². The minimum atomic E-state index is -0.256. The zero-order valence-electron chi connectivity index (χ0n) is 11.1. The van der Waals surface area contributed by atoms with Gasteiger partial charge in [-0.05, 0) is 30.7 Å². The van der Waals surface area contributed by atoms with E-state index in [1.54, 1.807) is 6.07 Å². The Bertz CT molecular complexity index is 684. The van der Waals surface area contributed by atoms with Crippen LogP contribution in [0.2, 0.25) is 0 Å². The van der Waals surface area contributed by atoms with Gasteiger partial charge in [0.05, 0.1) is 11.1 Å². The molecule has 2 rings (SSSR count). The van der Waals surface area contributed by atoms with Crippen LogP contribution < -0.4 is 5.32 Å². The number of rotatable bonds is 2.